The summed E-state index contributed by atoms with van der Waals surface area (Å²) < 4.78 is 0. The van der Waals surface area contributed by atoms with Crippen molar-refractivity contribution in [3.63, 3.8) is 0 Å². The van der Waals surface area contributed by atoms with Crippen LogP contribution in [0.1, 0.15) is 21.6 Å². The Morgan fingerprint density at radius 2 is 2.18 bits per heavy atom. The van der Waals surface area contributed by atoms with Crippen molar-refractivity contribution in [2.75, 3.05) is 11.1 Å². The van der Waals surface area contributed by atoms with E-state index in [1.165, 1.54) is 11.3 Å². The van der Waals surface area contributed by atoms with Gasteiger partial charge in [-0.15, -0.1) is 11.3 Å². The predicted molar refractivity (Wildman–Crippen MR) is 70.4 cm³/mol. The molecule has 3 N–H and O–H groups in total. The topological polar surface area (TPSA) is 68.0 Å². The number of carbonyl (C=O) groups excluding carboxylic acids is 1. The highest BCUT2D eigenvalue weighted by atomic mass is 32.1. The van der Waals surface area contributed by atoms with Crippen molar-refractivity contribution < 1.29 is 4.79 Å². The molecule has 1 amide bonds. The number of carbonyl (C=O) groups is 1. The molecule has 2 aromatic rings. The van der Waals surface area contributed by atoms with E-state index in [1.54, 1.807) is 6.07 Å². The molecule has 0 bridgehead atoms. The number of aromatic nitrogens is 1. The van der Waals surface area contributed by atoms with Crippen LogP contribution in [0.15, 0.2) is 23.6 Å². The van der Waals surface area contributed by atoms with Crippen LogP contribution in [0.25, 0.3) is 0 Å². The van der Waals surface area contributed by atoms with Gasteiger partial charge in [-0.05, 0) is 25.5 Å². The highest BCUT2D eigenvalue weighted by Crippen LogP contribution is 2.20. The molecule has 1 heterocycles. The number of nitrogens with two attached hydrogens (primary N) is 1. The molecule has 17 heavy (non-hydrogen) atoms. The fourth-order valence-corrected chi connectivity index (χ4v) is 2.14. The molecule has 1 aromatic heterocycles. The lowest BCUT2D eigenvalue weighted by atomic mass is 10.1. The van der Waals surface area contributed by atoms with Gasteiger partial charge in [0, 0.05) is 11.1 Å². The second-order valence-corrected chi connectivity index (χ2v) is 4.64. The van der Waals surface area contributed by atoms with Gasteiger partial charge in [0.05, 0.1) is 11.3 Å². The van der Waals surface area contributed by atoms with Gasteiger partial charge in [-0.3, -0.25) is 10.1 Å². The Morgan fingerprint density at radius 3 is 2.82 bits per heavy atom. The summed E-state index contributed by atoms with van der Waals surface area (Å²) in [5.74, 6) is -0.222. The summed E-state index contributed by atoms with van der Waals surface area (Å²) in [6.45, 7) is 3.76. The molecule has 0 saturated carbocycles. The molecule has 0 atom stereocenters. The second-order valence-electron chi connectivity index (χ2n) is 3.78. The van der Waals surface area contributed by atoms with Crippen molar-refractivity contribution in [3.05, 3.63) is 40.4 Å². The first-order chi connectivity index (χ1) is 8.08. The number of rotatable bonds is 2. The van der Waals surface area contributed by atoms with Gasteiger partial charge in [0.1, 0.15) is 0 Å². The summed E-state index contributed by atoms with van der Waals surface area (Å²) in [7, 11) is 0. The number of benzene rings is 1. The normalized spacial score (nSPS) is 10.2. The monoisotopic (exact) mass is 247 g/mol. The van der Waals surface area contributed by atoms with E-state index < -0.39 is 0 Å². The number of nitrogen functional groups attached to an aromatic ring is 1. The Labute approximate surface area is 103 Å². The number of nitrogens with one attached hydrogen (secondary N) is 1. The minimum absolute atomic E-state index is 0.222. The highest BCUT2D eigenvalue weighted by Gasteiger charge is 2.12. The lowest BCUT2D eigenvalue weighted by Crippen LogP contribution is -2.14. The van der Waals surface area contributed by atoms with Gasteiger partial charge in [0.15, 0.2) is 5.13 Å². The lowest BCUT2D eigenvalue weighted by Gasteiger charge is -2.07. The van der Waals surface area contributed by atoms with Crippen molar-refractivity contribution in [3.8, 4) is 0 Å². The Kier molecular flexibility index (Phi) is 3.10. The molecule has 0 spiro atoms. The average molecular weight is 247 g/mol. The van der Waals surface area contributed by atoms with Gasteiger partial charge in [0.2, 0.25) is 0 Å². The van der Waals surface area contributed by atoms with Crippen LogP contribution in [0.5, 0.6) is 0 Å². The fraction of sp³-hybridized carbons (Fsp3) is 0.167. The molecule has 1 aromatic carbocycles. The average Bonchev–Trinajstić information content (AvgIpc) is 2.68. The first kappa shape index (κ1) is 11.6. The number of thiazole rings is 1. The maximum absolute atomic E-state index is 12.0. The molecular weight excluding hydrogens is 234 g/mol. The maximum atomic E-state index is 12.0. The molecule has 0 saturated heterocycles. The molecule has 0 fully saturated rings. The zero-order chi connectivity index (χ0) is 12.4. The standard InChI is InChI=1S/C12H13N3OS/c1-7-4-3-5-9(10(7)13)11(16)15-12-14-8(2)6-17-12/h3-6H,13H2,1-2H3,(H,14,15,16). The van der Waals surface area contributed by atoms with Gasteiger partial charge in [0.25, 0.3) is 5.91 Å². The van der Waals surface area contributed by atoms with E-state index in [9.17, 15) is 4.79 Å². The summed E-state index contributed by atoms with van der Waals surface area (Å²) in [4.78, 5) is 16.1. The number of anilines is 2. The minimum atomic E-state index is -0.222. The molecule has 0 radical (unpaired) electrons. The number of hydrogen-bond acceptors (Lipinski definition) is 4. The number of amides is 1. The van der Waals surface area contributed by atoms with Crippen LogP contribution in [0, 0.1) is 13.8 Å². The molecule has 88 valence electrons. The lowest BCUT2D eigenvalue weighted by molar-refractivity contribution is 0.102. The predicted octanol–water partition coefficient (Wildman–Crippen LogP) is 2.59. The summed E-state index contributed by atoms with van der Waals surface area (Å²) in [5, 5.41) is 5.21. The van der Waals surface area contributed by atoms with Crippen molar-refractivity contribution in [1.29, 1.82) is 0 Å². The number of para-hydroxylation sites is 1. The van der Waals surface area contributed by atoms with Crippen LogP contribution < -0.4 is 11.1 Å². The van der Waals surface area contributed by atoms with Crippen LogP contribution in [-0.4, -0.2) is 10.9 Å². The third-order valence-corrected chi connectivity index (χ3v) is 3.28. The van der Waals surface area contributed by atoms with E-state index in [0.717, 1.165) is 11.3 Å². The van der Waals surface area contributed by atoms with Crippen LogP contribution in [0.3, 0.4) is 0 Å². The molecular formula is C12H13N3OS. The molecule has 2 rings (SSSR count). The summed E-state index contributed by atoms with van der Waals surface area (Å²) in [6, 6.07) is 5.39. The van der Waals surface area contributed by atoms with Crippen molar-refractivity contribution >= 4 is 28.1 Å². The van der Waals surface area contributed by atoms with E-state index >= 15 is 0 Å². The van der Waals surface area contributed by atoms with E-state index in [0.29, 0.717) is 16.4 Å². The molecule has 4 nitrogen and oxygen atoms in total. The maximum Gasteiger partial charge on any atom is 0.259 e. The van der Waals surface area contributed by atoms with E-state index in [-0.39, 0.29) is 5.91 Å². The van der Waals surface area contributed by atoms with Crippen LogP contribution in [0.2, 0.25) is 0 Å². The number of hydrogen-bond donors (Lipinski definition) is 2. The van der Waals surface area contributed by atoms with Gasteiger partial charge in [-0.1, -0.05) is 12.1 Å². The largest absolute Gasteiger partial charge is 0.398 e. The Balaban J connectivity index is 2.23. The molecule has 0 aliphatic carbocycles. The van der Waals surface area contributed by atoms with Crippen LogP contribution in [-0.2, 0) is 0 Å². The molecule has 5 heteroatoms. The van der Waals surface area contributed by atoms with Gasteiger partial charge in [-0.25, -0.2) is 4.98 Å². The third kappa shape index (κ3) is 2.45. The van der Waals surface area contributed by atoms with Crippen molar-refractivity contribution in [2.24, 2.45) is 0 Å². The summed E-state index contributed by atoms with van der Waals surface area (Å²) in [6.07, 6.45) is 0. The minimum Gasteiger partial charge on any atom is -0.398 e. The summed E-state index contributed by atoms with van der Waals surface area (Å²) in [5.41, 5.74) is 8.65. The van der Waals surface area contributed by atoms with Gasteiger partial charge < -0.3 is 5.73 Å². The van der Waals surface area contributed by atoms with Crippen LogP contribution in [0.4, 0.5) is 10.8 Å². The highest BCUT2D eigenvalue weighted by molar-refractivity contribution is 7.13. The fourth-order valence-electron chi connectivity index (χ4n) is 1.45. The van der Waals surface area contributed by atoms with Crippen molar-refractivity contribution in [2.45, 2.75) is 13.8 Å². The first-order valence-corrected chi connectivity index (χ1v) is 6.04. The first-order valence-electron chi connectivity index (χ1n) is 5.16. The second kappa shape index (κ2) is 4.55. The smallest absolute Gasteiger partial charge is 0.259 e. The zero-order valence-electron chi connectivity index (χ0n) is 9.65. The summed E-state index contributed by atoms with van der Waals surface area (Å²) >= 11 is 1.40. The van der Waals surface area contributed by atoms with E-state index in [1.807, 2.05) is 31.4 Å². The molecule has 0 aliphatic heterocycles. The van der Waals surface area contributed by atoms with Gasteiger partial charge >= 0.3 is 0 Å². The quantitative estimate of drug-likeness (QED) is 0.801. The molecule has 0 aliphatic rings. The van der Waals surface area contributed by atoms with Crippen molar-refractivity contribution in [1.82, 2.24) is 4.98 Å². The number of nitrogens with zero attached hydrogens (tertiary/aromatic N) is 1. The van der Waals surface area contributed by atoms with Gasteiger partial charge in [-0.2, -0.15) is 0 Å². The SMILES string of the molecule is Cc1csc(NC(=O)c2cccc(C)c2N)n1. The molecule has 0 unspecified atom stereocenters. The van der Waals surface area contributed by atoms with Crippen LogP contribution >= 0.6 is 11.3 Å². The third-order valence-electron chi connectivity index (χ3n) is 2.41. The Bertz CT molecular complexity index is 563. The van der Waals surface area contributed by atoms with E-state index in [4.69, 9.17) is 5.73 Å². The Morgan fingerprint density at radius 1 is 1.41 bits per heavy atom. The Hall–Kier alpha value is -1.88. The number of aryl methyl sites for hydroxylation is 2. The zero-order valence-corrected chi connectivity index (χ0v) is 10.5. The van der Waals surface area contributed by atoms with E-state index in [2.05, 4.69) is 10.3 Å².